The summed E-state index contributed by atoms with van der Waals surface area (Å²) in [7, 11) is -1.14. The van der Waals surface area contributed by atoms with E-state index in [0.29, 0.717) is 16.7 Å². The number of hydrogen-bond acceptors (Lipinski definition) is 5. The maximum absolute atomic E-state index is 13.1. The molecule has 36 heavy (non-hydrogen) atoms. The standard InChI is InChI=1S/C25H30BF3N2O5/c1-23(2,3)35-22(33)31-20(13-8-15-6-9-16(10-7-15)25(27,28)29)21(32)30-17-11-12-18-19(14-17)26(34)36-24(18,4)5/h6-7,9-12,14,20,34H,8,13H2,1-5H3,(H,30,32)(H,31,33). The van der Waals surface area contributed by atoms with Gasteiger partial charge < -0.3 is 25.0 Å². The third-order valence-corrected chi connectivity index (χ3v) is 5.65. The molecule has 0 spiro atoms. The van der Waals surface area contributed by atoms with Crippen LogP contribution in [-0.2, 0) is 32.4 Å². The average molecular weight is 506 g/mol. The monoisotopic (exact) mass is 506 g/mol. The second kappa shape index (κ2) is 10.1. The van der Waals surface area contributed by atoms with Gasteiger partial charge in [0.15, 0.2) is 0 Å². The Hall–Kier alpha value is -3.05. The van der Waals surface area contributed by atoms with Crippen molar-refractivity contribution in [2.24, 2.45) is 0 Å². The number of hydrogen-bond donors (Lipinski definition) is 3. The molecule has 0 saturated heterocycles. The molecule has 0 saturated carbocycles. The zero-order valence-corrected chi connectivity index (χ0v) is 20.8. The molecule has 194 valence electrons. The quantitative estimate of drug-likeness (QED) is 0.513. The Morgan fingerprint density at radius 1 is 1.11 bits per heavy atom. The number of fused-ring (bicyclic) bond motifs is 1. The first-order valence-electron chi connectivity index (χ1n) is 11.5. The van der Waals surface area contributed by atoms with Gasteiger partial charge in [-0.1, -0.05) is 18.2 Å². The molecular weight excluding hydrogens is 476 g/mol. The summed E-state index contributed by atoms with van der Waals surface area (Å²) in [5.41, 5.74) is 0.0501. The summed E-state index contributed by atoms with van der Waals surface area (Å²) in [6.07, 6.45) is -4.89. The number of aryl methyl sites for hydroxylation is 1. The van der Waals surface area contributed by atoms with Crippen molar-refractivity contribution in [3.05, 3.63) is 59.2 Å². The molecule has 2 aromatic carbocycles. The van der Waals surface area contributed by atoms with E-state index >= 15 is 0 Å². The number of ether oxygens (including phenoxy) is 1. The summed E-state index contributed by atoms with van der Waals surface area (Å²) in [5.74, 6) is -0.541. The lowest BCUT2D eigenvalue weighted by Crippen LogP contribution is -2.46. The summed E-state index contributed by atoms with van der Waals surface area (Å²) in [4.78, 5) is 25.5. The Kier molecular flexibility index (Phi) is 7.76. The van der Waals surface area contributed by atoms with Crippen LogP contribution < -0.4 is 16.1 Å². The van der Waals surface area contributed by atoms with Gasteiger partial charge in [-0.3, -0.25) is 4.79 Å². The Bertz CT molecular complexity index is 1110. The molecule has 0 bridgehead atoms. The van der Waals surface area contributed by atoms with Crippen molar-refractivity contribution < 1.29 is 37.2 Å². The lowest BCUT2D eigenvalue weighted by molar-refractivity contribution is -0.137. The van der Waals surface area contributed by atoms with Gasteiger partial charge >= 0.3 is 19.4 Å². The molecule has 1 atom stereocenters. The third kappa shape index (κ3) is 7.01. The number of amides is 2. The smallest absolute Gasteiger partial charge is 0.444 e. The predicted molar refractivity (Wildman–Crippen MR) is 130 cm³/mol. The van der Waals surface area contributed by atoms with Crippen LogP contribution in [0, 0.1) is 0 Å². The van der Waals surface area contributed by atoms with E-state index in [9.17, 15) is 27.8 Å². The first-order valence-corrected chi connectivity index (χ1v) is 11.5. The van der Waals surface area contributed by atoms with Gasteiger partial charge in [-0.2, -0.15) is 13.2 Å². The molecular formula is C25H30BF3N2O5. The Morgan fingerprint density at radius 3 is 2.33 bits per heavy atom. The van der Waals surface area contributed by atoms with Crippen LogP contribution in [-0.4, -0.2) is 35.8 Å². The van der Waals surface area contributed by atoms with E-state index in [-0.39, 0.29) is 12.8 Å². The molecule has 1 heterocycles. The molecule has 0 fully saturated rings. The van der Waals surface area contributed by atoms with Crippen LogP contribution >= 0.6 is 0 Å². The van der Waals surface area contributed by atoms with Crippen LogP contribution in [0.2, 0.25) is 0 Å². The highest BCUT2D eigenvalue weighted by Crippen LogP contribution is 2.31. The Balaban J connectivity index is 1.75. The minimum absolute atomic E-state index is 0.111. The number of benzene rings is 2. The van der Waals surface area contributed by atoms with Crippen molar-refractivity contribution in [1.29, 1.82) is 0 Å². The first-order chi connectivity index (χ1) is 16.5. The highest BCUT2D eigenvalue weighted by atomic mass is 19.4. The molecule has 0 aromatic heterocycles. The molecule has 0 aliphatic carbocycles. The zero-order valence-electron chi connectivity index (χ0n) is 20.8. The fourth-order valence-corrected chi connectivity index (χ4v) is 3.92. The van der Waals surface area contributed by atoms with Crippen LogP contribution in [0.3, 0.4) is 0 Å². The van der Waals surface area contributed by atoms with Crippen LogP contribution in [0.25, 0.3) is 0 Å². The highest BCUT2D eigenvalue weighted by Gasteiger charge is 2.40. The van der Waals surface area contributed by atoms with Crippen LogP contribution in [0.1, 0.15) is 57.7 Å². The highest BCUT2D eigenvalue weighted by molar-refractivity contribution is 6.62. The number of halogens is 3. The van der Waals surface area contributed by atoms with Gasteiger partial charge in [0.1, 0.15) is 11.6 Å². The number of alkyl halides is 3. The molecule has 1 aliphatic heterocycles. The summed E-state index contributed by atoms with van der Waals surface area (Å²) < 4.78 is 49.3. The van der Waals surface area contributed by atoms with Crippen molar-refractivity contribution >= 4 is 30.3 Å². The van der Waals surface area contributed by atoms with Crippen molar-refractivity contribution in [3.63, 3.8) is 0 Å². The van der Waals surface area contributed by atoms with Crippen molar-refractivity contribution in [2.45, 2.75) is 70.9 Å². The number of rotatable bonds is 6. The fourth-order valence-electron chi connectivity index (χ4n) is 3.92. The second-order valence-corrected chi connectivity index (χ2v) is 10.2. The molecule has 3 rings (SSSR count). The number of carbonyl (C=O) groups is 2. The van der Waals surface area contributed by atoms with Gasteiger partial charge in [-0.15, -0.1) is 0 Å². The molecule has 2 aromatic rings. The fraction of sp³-hybridized carbons (Fsp3) is 0.440. The van der Waals surface area contributed by atoms with Gasteiger partial charge in [-0.05, 0) is 88.3 Å². The van der Waals surface area contributed by atoms with Crippen molar-refractivity contribution in [2.75, 3.05) is 5.32 Å². The summed E-state index contributed by atoms with van der Waals surface area (Å²) in [6, 6.07) is 8.63. The topological polar surface area (TPSA) is 96.9 Å². The minimum atomic E-state index is -4.44. The van der Waals surface area contributed by atoms with E-state index < -0.39 is 48.1 Å². The number of carbonyl (C=O) groups excluding carboxylic acids is 2. The third-order valence-electron chi connectivity index (χ3n) is 5.65. The van der Waals surface area contributed by atoms with E-state index in [4.69, 9.17) is 9.39 Å². The largest absolute Gasteiger partial charge is 0.492 e. The Labute approximate surface area is 208 Å². The molecule has 1 unspecified atom stereocenters. The number of nitrogens with one attached hydrogen (secondary N) is 2. The van der Waals surface area contributed by atoms with E-state index in [2.05, 4.69) is 10.6 Å². The maximum atomic E-state index is 13.1. The minimum Gasteiger partial charge on any atom is -0.444 e. The van der Waals surface area contributed by atoms with E-state index in [1.54, 1.807) is 39.0 Å². The average Bonchev–Trinajstić information content (AvgIpc) is 2.97. The Morgan fingerprint density at radius 2 is 1.75 bits per heavy atom. The summed E-state index contributed by atoms with van der Waals surface area (Å²) in [5, 5.41) is 15.5. The molecule has 3 N–H and O–H groups in total. The van der Waals surface area contributed by atoms with Crippen molar-refractivity contribution in [3.8, 4) is 0 Å². The summed E-state index contributed by atoms with van der Waals surface area (Å²) in [6.45, 7) is 8.69. The number of alkyl carbamates (subject to hydrolysis) is 1. The molecule has 11 heteroatoms. The van der Waals surface area contributed by atoms with Crippen LogP contribution in [0.4, 0.5) is 23.7 Å². The van der Waals surface area contributed by atoms with Crippen LogP contribution in [0.15, 0.2) is 42.5 Å². The van der Waals surface area contributed by atoms with Gasteiger partial charge in [0.05, 0.1) is 11.2 Å². The molecule has 7 nitrogen and oxygen atoms in total. The molecule has 0 radical (unpaired) electrons. The SMILES string of the molecule is CC(C)(C)OC(=O)NC(CCc1ccc(C(F)(F)F)cc1)C(=O)Nc1ccc2c(c1)B(O)OC2(C)C. The number of anilines is 1. The van der Waals surface area contributed by atoms with E-state index in [1.807, 2.05) is 13.8 Å². The maximum Gasteiger partial charge on any atom is 0.492 e. The predicted octanol–water partition coefficient (Wildman–Crippen LogP) is 4.12. The van der Waals surface area contributed by atoms with E-state index in [1.165, 1.54) is 12.1 Å². The second-order valence-electron chi connectivity index (χ2n) is 10.2. The lowest BCUT2D eigenvalue weighted by atomic mass is 9.78. The van der Waals surface area contributed by atoms with Gasteiger partial charge in [0, 0.05) is 5.69 Å². The van der Waals surface area contributed by atoms with E-state index in [0.717, 1.165) is 17.7 Å². The first kappa shape index (κ1) is 27.5. The van der Waals surface area contributed by atoms with Crippen molar-refractivity contribution in [1.82, 2.24) is 5.32 Å². The lowest BCUT2D eigenvalue weighted by Gasteiger charge is -2.23. The van der Waals surface area contributed by atoms with Gasteiger partial charge in [0.25, 0.3) is 0 Å². The van der Waals surface area contributed by atoms with Crippen LogP contribution in [0.5, 0.6) is 0 Å². The summed E-state index contributed by atoms with van der Waals surface area (Å²) >= 11 is 0. The molecule has 2 amide bonds. The normalized spacial score (nSPS) is 15.8. The van der Waals surface area contributed by atoms with Gasteiger partial charge in [-0.25, -0.2) is 4.79 Å². The molecule has 1 aliphatic rings. The zero-order chi connectivity index (χ0) is 26.9. The van der Waals surface area contributed by atoms with Gasteiger partial charge in [0.2, 0.25) is 5.91 Å².